The molecule has 0 spiro atoms. The van der Waals surface area contributed by atoms with Gasteiger partial charge in [0.15, 0.2) is 0 Å². The summed E-state index contributed by atoms with van der Waals surface area (Å²) in [7, 11) is 0. The fourth-order valence-corrected chi connectivity index (χ4v) is 4.31. The smallest absolute Gasteiger partial charge is 0.265 e. The summed E-state index contributed by atoms with van der Waals surface area (Å²) in [4.78, 5) is 18.4. The van der Waals surface area contributed by atoms with Crippen LogP contribution in [0.1, 0.15) is 81.5 Å². The van der Waals surface area contributed by atoms with E-state index in [0.29, 0.717) is 18.1 Å². The van der Waals surface area contributed by atoms with Crippen molar-refractivity contribution in [1.29, 1.82) is 0 Å². The largest absolute Gasteiger partial charge is 0.343 e. The molecular weight excluding hydrogens is 388 g/mol. The van der Waals surface area contributed by atoms with Crippen LogP contribution < -0.4 is 5.43 Å². The predicted octanol–water partition coefficient (Wildman–Crippen LogP) is 5.20. The number of amides is 1. The van der Waals surface area contributed by atoms with Crippen LogP contribution in [-0.4, -0.2) is 44.2 Å². The van der Waals surface area contributed by atoms with Crippen LogP contribution in [0.25, 0.3) is 0 Å². The second kappa shape index (κ2) is 13.9. The van der Waals surface area contributed by atoms with Crippen LogP contribution in [0, 0.1) is 0 Å². The Hall–Kier alpha value is -1.18. The quantitative estimate of drug-likeness (QED) is 0.348. The Morgan fingerprint density at radius 1 is 1.07 bits per heavy atom. The molecule has 0 aliphatic carbocycles. The number of hydrazine groups is 1. The Morgan fingerprint density at radius 3 is 2.32 bits per heavy atom. The van der Waals surface area contributed by atoms with Gasteiger partial charge in [0.1, 0.15) is 4.32 Å². The van der Waals surface area contributed by atoms with Crippen LogP contribution in [0.2, 0.25) is 0 Å². The molecule has 0 saturated carbocycles. The first-order valence-corrected chi connectivity index (χ1v) is 12.0. The maximum Gasteiger partial charge on any atom is 0.265 e. The van der Waals surface area contributed by atoms with Gasteiger partial charge in [0.25, 0.3) is 5.91 Å². The maximum atomic E-state index is 12.3. The number of unbranched alkanes of at least 4 members (excludes halogenated alkanes) is 9. The molecular formula is C21H34N4OS2. The molecule has 1 fully saturated rings. The van der Waals surface area contributed by atoms with Crippen LogP contribution in [0.3, 0.4) is 0 Å². The van der Waals surface area contributed by atoms with Gasteiger partial charge in [-0.25, -0.2) is 0 Å². The lowest BCUT2D eigenvalue weighted by atomic mass is 10.1. The van der Waals surface area contributed by atoms with Crippen LogP contribution in [0.5, 0.6) is 0 Å². The van der Waals surface area contributed by atoms with Crippen molar-refractivity contribution >= 4 is 34.2 Å². The number of carbonyl (C=O) groups excluding carboxylic acids is 1. The average molecular weight is 423 g/mol. The minimum absolute atomic E-state index is 0.102. The number of rotatable bonds is 13. The first kappa shape index (κ1) is 23.1. The molecule has 1 N–H and O–H groups in total. The summed E-state index contributed by atoms with van der Waals surface area (Å²) >= 11 is 7.11. The third-order valence-electron chi connectivity index (χ3n) is 4.93. The zero-order valence-electron chi connectivity index (χ0n) is 17.1. The van der Waals surface area contributed by atoms with Crippen molar-refractivity contribution in [2.24, 2.45) is 0 Å². The first-order valence-electron chi connectivity index (χ1n) is 10.6. The van der Waals surface area contributed by atoms with E-state index < -0.39 is 0 Å². The Labute approximate surface area is 179 Å². The molecule has 5 nitrogen and oxygen atoms in total. The number of nitrogens with zero attached hydrogens (tertiary/aromatic N) is 3. The van der Waals surface area contributed by atoms with Crippen LogP contribution in [0.4, 0.5) is 0 Å². The van der Waals surface area contributed by atoms with Gasteiger partial charge in [-0.2, -0.15) is 5.01 Å². The van der Waals surface area contributed by atoms with E-state index in [1.807, 2.05) is 5.01 Å². The molecule has 1 aromatic heterocycles. The number of hydrogen-bond donors (Lipinski definition) is 1. The maximum absolute atomic E-state index is 12.3. The summed E-state index contributed by atoms with van der Waals surface area (Å²) in [6.45, 7) is 3.88. The van der Waals surface area contributed by atoms with Crippen LogP contribution in [-0.2, 0) is 0 Å². The molecule has 1 saturated heterocycles. The number of nitrogens with one attached hydrogen (secondary N) is 1. The summed E-state index contributed by atoms with van der Waals surface area (Å²) in [6, 6.07) is 3.44. The molecule has 1 aliphatic heterocycles. The van der Waals surface area contributed by atoms with Crippen molar-refractivity contribution in [2.45, 2.75) is 71.1 Å². The lowest BCUT2D eigenvalue weighted by Crippen LogP contribution is -2.52. The normalized spacial score (nSPS) is 15.0. The summed E-state index contributed by atoms with van der Waals surface area (Å²) in [5.41, 5.74) is 3.59. The lowest BCUT2D eigenvalue weighted by molar-refractivity contribution is 0.0750. The molecule has 1 aliphatic rings. The van der Waals surface area contributed by atoms with E-state index in [2.05, 4.69) is 22.2 Å². The monoisotopic (exact) mass is 422 g/mol. The number of hydrogen-bond acceptors (Lipinski definition) is 5. The van der Waals surface area contributed by atoms with E-state index in [1.54, 1.807) is 36.3 Å². The van der Waals surface area contributed by atoms with Crippen molar-refractivity contribution in [2.75, 3.05) is 19.1 Å². The highest BCUT2D eigenvalue weighted by atomic mass is 32.2. The Balaban J connectivity index is 1.58. The van der Waals surface area contributed by atoms with Crippen molar-refractivity contribution in [1.82, 2.24) is 20.3 Å². The average Bonchev–Trinajstić information content (AvgIpc) is 2.72. The molecule has 0 atom stereocenters. The van der Waals surface area contributed by atoms with Gasteiger partial charge in [-0.3, -0.25) is 15.2 Å². The molecule has 2 heterocycles. The van der Waals surface area contributed by atoms with Gasteiger partial charge in [0.2, 0.25) is 0 Å². The molecule has 1 amide bonds. The van der Waals surface area contributed by atoms with Gasteiger partial charge in [0, 0.05) is 24.5 Å². The van der Waals surface area contributed by atoms with E-state index in [0.717, 1.165) is 17.3 Å². The van der Waals surface area contributed by atoms with E-state index in [4.69, 9.17) is 12.2 Å². The molecule has 7 heteroatoms. The molecule has 0 aromatic carbocycles. The number of carbonyl (C=O) groups is 1. The van der Waals surface area contributed by atoms with Crippen molar-refractivity contribution in [3.8, 4) is 0 Å². The van der Waals surface area contributed by atoms with Gasteiger partial charge < -0.3 is 4.90 Å². The van der Waals surface area contributed by atoms with Crippen molar-refractivity contribution in [3.63, 3.8) is 0 Å². The number of thioether (sulfide) groups is 1. The standard InChI is InChI=1S/C21H34N4OS2/c1-2-3-4-5-6-7-8-9-10-11-16-24-17-25(18-28-21(24)27)23-20(26)19-12-14-22-15-13-19/h12-15H,2-11,16-18H2,1H3,(H,23,26). The second-order valence-electron chi connectivity index (χ2n) is 7.34. The molecule has 1 aromatic rings. The van der Waals surface area contributed by atoms with Gasteiger partial charge in [-0.15, -0.1) is 0 Å². The third-order valence-corrected chi connectivity index (χ3v) is 6.48. The minimum atomic E-state index is -0.102. The second-order valence-corrected chi connectivity index (χ2v) is 8.92. The number of pyridine rings is 1. The van der Waals surface area contributed by atoms with Gasteiger partial charge in [-0.1, -0.05) is 88.7 Å². The SMILES string of the molecule is CCCCCCCCCCCCN1CN(NC(=O)c2ccncc2)CSC1=S. The molecule has 2 rings (SSSR count). The topological polar surface area (TPSA) is 48.5 Å². The Morgan fingerprint density at radius 2 is 1.68 bits per heavy atom. The fourth-order valence-electron chi connectivity index (χ4n) is 3.26. The van der Waals surface area contributed by atoms with E-state index in [-0.39, 0.29) is 5.91 Å². The lowest BCUT2D eigenvalue weighted by Gasteiger charge is -2.36. The van der Waals surface area contributed by atoms with Crippen molar-refractivity contribution < 1.29 is 4.79 Å². The minimum Gasteiger partial charge on any atom is -0.343 e. The van der Waals surface area contributed by atoms with Gasteiger partial charge in [-0.05, 0) is 18.6 Å². The summed E-state index contributed by atoms with van der Waals surface area (Å²) in [5, 5.41) is 1.93. The zero-order chi connectivity index (χ0) is 20.0. The third kappa shape index (κ3) is 8.88. The molecule has 0 unspecified atom stereocenters. The van der Waals surface area contributed by atoms with E-state index >= 15 is 0 Å². The highest BCUT2D eigenvalue weighted by molar-refractivity contribution is 8.22. The fraction of sp³-hybridized carbons (Fsp3) is 0.667. The summed E-state index contributed by atoms with van der Waals surface area (Å²) in [6.07, 6.45) is 16.6. The van der Waals surface area contributed by atoms with E-state index in [9.17, 15) is 4.79 Å². The van der Waals surface area contributed by atoms with Crippen LogP contribution >= 0.6 is 24.0 Å². The Bertz CT molecular complexity index is 585. The number of thiocarbonyl (C=S) groups is 1. The molecule has 0 radical (unpaired) electrons. The number of aromatic nitrogens is 1. The van der Waals surface area contributed by atoms with Gasteiger partial charge in [0.05, 0.1) is 12.5 Å². The van der Waals surface area contributed by atoms with Crippen molar-refractivity contribution in [3.05, 3.63) is 30.1 Å². The Kier molecular flexibility index (Phi) is 11.5. The van der Waals surface area contributed by atoms with E-state index in [1.165, 1.54) is 57.8 Å². The summed E-state index contributed by atoms with van der Waals surface area (Å²) in [5.74, 6) is 0.583. The van der Waals surface area contributed by atoms with Crippen LogP contribution in [0.15, 0.2) is 24.5 Å². The summed E-state index contributed by atoms with van der Waals surface area (Å²) < 4.78 is 0.935. The highest BCUT2D eigenvalue weighted by Crippen LogP contribution is 2.19. The molecule has 28 heavy (non-hydrogen) atoms. The zero-order valence-corrected chi connectivity index (χ0v) is 18.7. The predicted molar refractivity (Wildman–Crippen MR) is 122 cm³/mol. The molecule has 0 bridgehead atoms. The highest BCUT2D eigenvalue weighted by Gasteiger charge is 2.22. The van der Waals surface area contributed by atoms with Gasteiger partial charge >= 0.3 is 0 Å². The molecule has 156 valence electrons. The first-order chi connectivity index (χ1) is 13.7.